The molecule has 0 unspecified atom stereocenters. The highest BCUT2D eigenvalue weighted by atomic mass is 32.2. The molecule has 0 bridgehead atoms. The number of carbonyl (C=O) groups is 1. The van der Waals surface area contributed by atoms with Gasteiger partial charge in [0.1, 0.15) is 17.5 Å². The molecule has 0 aliphatic carbocycles. The molecular formula is C17H21N3O2S. The van der Waals surface area contributed by atoms with Crippen molar-refractivity contribution in [2.24, 2.45) is 0 Å². The molecule has 6 heteroatoms. The van der Waals surface area contributed by atoms with Gasteiger partial charge in [0.15, 0.2) is 0 Å². The van der Waals surface area contributed by atoms with E-state index in [1.807, 2.05) is 55.1 Å². The standard InChI is InChI=1S/C17H21N3O2S/c1-13-11-15(19-22-13)12-18-17(21)16(14-5-3-2-4-6-14)20-7-9-23-10-8-20/h2-6,11,16H,7-10,12H2,1H3,(H,18,21)/t16-/m1/s1. The fourth-order valence-electron chi connectivity index (χ4n) is 2.77. The van der Waals surface area contributed by atoms with E-state index in [0.717, 1.165) is 41.6 Å². The summed E-state index contributed by atoms with van der Waals surface area (Å²) in [7, 11) is 0. The van der Waals surface area contributed by atoms with Crippen LogP contribution in [0.2, 0.25) is 0 Å². The number of aromatic nitrogens is 1. The van der Waals surface area contributed by atoms with E-state index in [2.05, 4.69) is 15.4 Å². The van der Waals surface area contributed by atoms with Crippen LogP contribution in [0.15, 0.2) is 40.9 Å². The van der Waals surface area contributed by atoms with Gasteiger partial charge in [-0.2, -0.15) is 11.8 Å². The van der Waals surface area contributed by atoms with Crippen LogP contribution in [0.1, 0.15) is 23.1 Å². The topological polar surface area (TPSA) is 58.4 Å². The molecule has 2 aromatic rings. The molecule has 2 heterocycles. The van der Waals surface area contributed by atoms with E-state index in [1.54, 1.807) is 0 Å². The molecule has 1 aliphatic rings. The van der Waals surface area contributed by atoms with Crippen LogP contribution < -0.4 is 5.32 Å². The lowest BCUT2D eigenvalue weighted by atomic mass is 10.0. The minimum Gasteiger partial charge on any atom is -0.361 e. The second-order valence-electron chi connectivity index (χ2n) is 5.61. The summed E-state index contributed by atoms with van der Waals surface area (Å²) in [5, 5.41) is 6.92. The van der Waals surface area contributed by atoms with Crippen LogP contribution in [0.25, 0.3) is 0 Å². The Bertz CT molecular complexity index is 638. The summed E-state index contributed by atoms with van der Waals surface area (Å²) in [5.41, 5.74) is 1.78. The van der Waals surface area contributed by atoms with Gasteiger partial charge in [-0.15, -0.1) is 0 Å². The number of nitrogens with one attached hydrogen (secondary N) is 1. The maximum Gasteiger partial charge on any atom is 0.242 e. The zero-order valence-electron chi connectivity index (χ0n) is 13.2. The quantitative estimate of drug-likeness (QED) is 0.912. The lowest BCUT2D eigenvalue weighted by Gasteiger charge is -2.33. The Balaban J connectivity index is 1.72. The maximum atomic E-state index is 12.8. The third-order valence-corrected chi connectivity index (χ3v) is 4.84. The fourth-order valence-corrected chi connectivity index (χ4v) is 3.71. The molecular weight excluding hydrogens is 310 g/mol. The van der Waals surface area contributed by atoms with Gasteiger partial charge >= 0.3 is 0 Å². The number of aryl methyl sites for hydroxylation is 1. The van der Waals surface area contributed by atoms with Crippen molar-refractivity contribution in [3.63, 3.8) is 0 Å². The van der Waals surface area contributed by atoms with E-state index in [0.29, 0.717) is 6.54 Å². The van der Waals surface area contributed by atoms with Gasteiger partial charge in [-0.25, -0.2) is 0 Å². The number of benzene rings is 1. The molecule has 1 aromatic heterocycles. The lowest BCUT2D eigenvalue weighted by Crippen LogP contribution is -2.44. The summed E-state index contributed by atoms with van der Waals surface area (Å²) < 4.78 is 5.04. The molecule has 1 aliphatic heterocycles. The van der Waals surface area contributed by atoms with Gasteiger partial charge in [0, 0.05) is 30.7 Å². The average Bonchev–Trinajstić information content (AvgIpc) is 3.01. The molecule has 122 valence electrons. The predicted octanol–water partition coefficient (Wildman–Crippen LogP) is 2.39. The Labute approximate surface area is 140 Å². The van der Waals surface area contributed by atoms with Gasteiger partial charge in [-0.3, -0.25) is 9.69 Å². The molecule has 1 atom stereocenters. The van der Waals surface area contributed by atoms with E-state index in [-0.39, 0.29) is 11.9 Å². The van der Waals surface area contributed by atoms with Crippen LogP contribution >= 0.6 is 11.8 Å². The Hall–Kier alpha value is -1.79. The molecule has 23 heavy (non-hydrogen) atoms. The van der Waals surface area contributed by atoms with Crippen molar-refractivity contribution in [2.45, 2.75) is 19.5 Å². The maximum absolute atomic E-state index is 12.8. The SMILES string of the molecule is Cc1cc(CNC(=O)[C@@H](c2ccccc2)N2CCSCC2)no1. The van der Waals surface area contributed by atoms with Crippen LogP contribution in [0.5, 0.6) is 0 Å². The molecule has 1 N–H and O–H groups in total. The van der Waals surface area contributed by atoms with E-state index >= 15 is 0 Å². The summed E-state index contributed by atoms with van der Waals surface area (Å²) in [6.07, 6.45) is 0. The molecule has 0 saturated carbocycles. The van der Waals surface area contributed by atoms with Crippen molar-refractivity contribution in [3.8, 4) is 0 Å². The lowest BCUT2D eigenvalue weighted by molar-refractivity contribution is -0.126. The van der Waals surface area contributed by atoms with Gasteiger partial charge in [0.05, 0.1) is 6.54 Å². The third kappa shape index (κ3) is 4.14. The van der Waals surface area contributed by atoms with Gasteiger partial charge in [-0.1, -0.05) is 35.5 Å². The van der Waals surface area contributed by atoms with Crippen molar-refractivity contribution in [3.05, 3.63) is 53.4 Å². The Kier molecular flexibility index (Phi) is 5.35. The number of rotatable bonds is 5. The van der Waals surface area contributed by atoms with Crippen LogP contribution in [-0.4, -0.2) is 40.6 Å². The first kappa shape index (κ1) is 16.1. The molecule has 1 aromatic carbocycles. The highest BCUT2D eigenvalue weighted by Gasteiger charge is 2.28. The van der Waals surface area contributed by atoms with Gasteiger partial charge < -0.3 is 9.84 Å². The van der Waals surface area contributed by atoms with Crippen molar-refractivity contribution in [1.82, 2.24) is 15.4 Å². The monoisotopic (exact) mass is 331 g/mol. The number of carbonyl (C=O) groups excluding carboxylic acids is 1. The number of hydrogen-bond acceptors (Lipinski definition) is 5. The van der Waals surface area contributed by atoms with Crippen molar-refractivity contribution >= 4 is 17.7 Å². The summed E-state index contributed by atoms with van der Waals surface area (Å²) in [5.74, 6) is 2.91. The normalized spacial score (nSPS) is 16.9. The van der Waals surface area contributed by atoms with E-state index < -0.39 is 0 Å². The minimum absolute atomic E-state index is 0.0174. The van der Waals surface area contributed by atoms with Gasteiger partial charge in [0.25, 0.3) is 0 Å². The smallest absolute Gasteiger partial charge is 0.242 e. The van der Waals surface area contributed by atoms with Gasteiger partial charge in [-0.05, 0) is 12.5 Å². The molecule has 5 nitrogen and oxygen atoms in total. The summed E-state index contributed by atoms with van der Waals surface area (Å²) >= 11 is 1.94. The predicted molar refractivity (Wildman–Crippen MR) is 91.2 cm³/mol. The zero-order valence-corrected chi connectivity index (χ0v) is 14.0. The second-order valence-corrected chi connectivity index (χ2v) is 6.83. The number of hydrogen-bond donors (Lipinski definition) is 1. The van der Waals surface area contributed by atoms with Crippen molar-refractivity contribution in [2.75, 3.05) is 24.6 Å². The number of nitrogens with zero attached hydrogens (tertiary/aromatic N) is 2. The van der Waals surface area contributed by atoms with E-state index in [4.69, 9.17) is 4.52 Å². The van der Waals surface area contributed by atoms with Crippen LogP contribution in [0.4, 0.5) is 0 Å². The van der Waals surface area contributed by atoms with E-state index in [9.17, 15) is 4.79 Å². The highest BCUT2D eigenvalue weighted by Crippen LogP contribution is 2.24. The van der Waals surface area contributed by atoms with Gasteiger partial charge in [0.2, 0.25) is 5.91 Å². The third-order valence-electron chi connectivity index (χ3n) is 3.89. The zero-order chi connectivity index (χ0) is 16.1. The first-order chi connectivity index (χ1) is 11.2. The number of thioether (sulfide) groups is 1. The summed E-state index contributed by atoms with van der Waals surface area (Å²) in [6.45, 7) is 4.10. The number of amides is 1. The largest absolute Gasteiger partial charge is 0.361 e. The van der Waals surface area contributed by atoms with Crippen molar-refractivity contribution < 1.29 is 9.32 Å². The highest BCUT2D eigenvalue weighted by molar-refractivity contribution is 7.99. The van der Waals surface area contributed by atoms with Crippen LogP contribution in [0, 0.1) is 6.92 Å². The van der Waals surface area contributed by atoms with Crippen LogP contribution in [0.3, 0.4) is 0 Å². The molecule has 3 rings (SSSR count). The first-order valence-electron chi connectivity index (χ1n) is 7.80. The Morgan fingerprint density at radius 3 is 2.74 bits per heavy atom. The minimum atomic E-state index is -0.245. The molecule has 1 saturated heterocycles. The second kappa shape index (κ2) is 7.66. The molecule has 1 fully saturated rings. The molecule has 1 amide bonds. The Morgan fingerprint density at radius 1 is 1.35 bits per heavy atom. The first-order valence-corrected chi connectivity index (χ1v) is 8.96. The summed E-state index contributed by atoms with van der Waals surface area (Å²) in [6, 6.07) is 11.6. The molecule has 0 spiro atoms. The fraction of sp³-hybridized carbons (Fsp3) is 0.412. The van der Waals surface area contributed by atoms with Crippen LogP contribution in [-0.2, 0) is 11.3 Å². The molecule has 0 radical (unpaired) electrons. The van der Waals surface area contributed by atoms with Crippen molar-refractivity contribution in [1.29, 1.82) is 0 Å². The summed E-state index contributed by atoms with van der Waals surface area (Å²) in [4.78, 5) is 15.1. The average molecular weight is 331 g/mol. The Morgan fingerprint density at radius 2 is 2.09 bits per heavy atom. The van der Waals surface area contributed by atoms with E-state index in [1.165, 1.54) is 0 Å².